The van der Waals surface area contributed by atoms with Crippen LogP contribution in [0.5, 0.6) is 0 Å². The van der Waals surface area contributed by atoms with E-state index in [-0.39, 0.29) is 0 Å². The Bertz CT molecular complexity index is 262. The van der Waals surface area contributed by atoms with E-state index in [0.29, 0.717) is 6.04 Å². The van der Waals surface area contributed by atoms with E-state index < -0.39 is 0 Å². The second-order valence-corrected chi connectivity index (χ2v) is 3.53. The highest BCUT2D eigenvalue weighted by atomic mass is 15.2. The number of likely N-dealkylation sites (tertiary alicyclic amines) is 1. The molecule has 4 nitrogen and oxygen atoms in total. The molecule has 2 rings (SSSR count). The molecule has 0 spiro atoms. The molecule has 0 amide bonds. The van der Waals surface area contributed by atoms with E-state index in [1.54, 1.807) is 6.33 Å². The van der Waals surface area contributed by atoms with Gasteiger partial charge in [0, 0.05) is 43.6 Å². The number of hydrogen-bond donors (Lipinski definition) is 1. The fourth-order valence-corrected chi connectivity index (χ4v) is 1.68. The normalized spacial score (nSPS) is 23.6. The lowest BCUT2D eigenvalue weighted by molar-refractivity contribution is 0.326. The Balaban J connectivity index is 1.92. The first-order valence-corrected chi connectivity index (χ1v) is 4.56. The SMILES string of the molecule is NC1CCN(Cc2cncnc2)C1. The van der Waals surface area contributed by atoms with Crippen LogP contribution in [0, 0.1) is 0 Å². The van der Waals surface area contributed by atoms with E-state index in [2.05, 4.69) is 14.9 Å². The molecule has 2 N–H and O–H groups in total. The standard InChI is InChI=1S/C9H14N4/c10-9-1-2-13(6-9)5-8-3-11-7-12-4-8/h3-4,7,9H,1-2,5-6,10H2. The lowest BCUT2D eigenvalue weighted by atomic mass is 10.3. The third-order valence-electron chi connectivity index (χ3n) is 2.33. The van der Waals surface area contributed by atoms with Gasteiger partial charge in [-0.05, 0) is 6.42 Å². The lowest BCUT2D eigenvalue weighted by Crippen LogP contribution is -2.26. The van der Waals surface area contributed by atoms with Crippen LogP contribution in [0.3, 0.4) is 0 Å². The lowest BCUT2D eigenvalue weighted by Gasteiger charge is -2.13. The monoisotopic (exact) mass is 178 g/mol. The number of nitrogens with zero attached hydrogens (tertiary/aromatic N) is 3. The van der Waals surface area contributed by atoms with Gasteiger partial charge >= 0.3 is 0 Å². The zero-order valence-electron chi connectivity index (χ0n) is 7.56. The molecular formula is C9H14N4. The minimum Gasteiger partial charge on any atom is -0.326 e. The average Bonchev–Trinajstić information content (AvgIpc) is 2.53. The van der Waals surface area contributed by atoms with Gasteiger partial charge in [0.1, 0.15) is 6.33 Å². The van der Waals surface area contributed by atoms with Crippen molar-refractivity contribution >= 4 is 0 Å². The smallest absolute Gasteiger partial charge is 0.115 e. The maximum Gasteiger partial charge on any atom is 0.115 e. The molecule has 2 heterocycles. The van der Waals surface area contributed by atoms with Gasteiger partial charge in [0.15, 0.2) is 0 Å². The first-order chi connectivity index (χ1) is 6.34. The van der Waals surface area contributed by atoms with Crippen molar-refractivity contribution in [1.29, 1.82) is 0 Å². The maximum atomic E-state index is 5.81. The first-order valence-electron chi connectivity index (χ1n) is 4.56. The Morgan fingerprint density at radius 2 is 2.23 bits per heavy atom. The van der Waals surface area contributed by atoms with Crippen LogP contribution in [0.1, 0.15) is 12.0 Å². The van der Waals surface area contributed by atoms with Gasteiger partial charge in [-0.3, -0.25) is 4.90 Å². The maximum absolute atomic E-state index is 5.81. The van der Waals surface area contributed by atoms with Crippen LogP contribution in [0.25, 0.3) is 0 Å². The third kappa shape index (κ3) is 2.23. The predicted molar refractivity (Wildman–Crippen MR) is 49.9 cm³/mol. The number of rotatable bonds is 2. The second kappa shape index (κ2) is 3.81. The van der Waals surface area contributed by atoms with Gasteiger partial charge in [-0.2, -0.15) is 0 Å². The molecule has 0 aromatic carbocycles. The molecule has 0 aliphatic carbocycles. The molecule has 1 fully saturated rings. The molecule has 1 unspecified atom stereocenters. The average molecular weight is 178 g/mol. The van der Waals surface area contributed by atoms with Gasteiger partial charge in [-0.1, -0.05) is 0 Å². The zero-order valence-corrected chi connectivity index (χ0v) is 7.56. The predicted octanol–water partition coefficient (Wildman–Crippen LogP) is 0.00960. The van der Waals surface area contributed by atoms with Gasteiger partial charge < -0.3 is 5.73 Å². The summed E-state index contributed by atoms with van der Waals surface area (Å²) in [5, 5.41) is 0. The van der Waals surface area contributed by atoms with Crippen molar-refractivity contribution in [3.8, 4) is 0 Å². The van der Waals surface area contributed by atoms with Crippen molar-refractivity contribution in [2.45, 2.75) is 19.0 Å². The van der Waals surface area contributed by atoms with E-state index in [4.69, 9.17) is 5.73 Å². The van der Waals surface area contributed by atoms with Crippen LogP contribution in [-0.2, 0) is 6.54 Å². The van der Waals surface area contributed by atoms with Gasteiger partial charge in [0.2, 0.25) is 0 Å². The van der Waals surface area contributed by atoms with E-state index in [0.717, 1.165) is 31.6 Å². The number of aromatic nitrogens is 2. The summed E-state index contributed by atoms with van der Waals surface area (Å²) in [7, 11) is 0. The topological polar surface area (TPSA) is 55.0 Å². The van der Waals surface area contributed by atoms with Crippen molar-refractivity contribution in [1.82, 2.24) is 14.9 Å². The molecule has 1 saturated heterocycles. The summed E-state index contributed by atoms with van der Waals surface area (Å²) in [5.74, 6) is 0. The molecule has 0 saturated carbocycles. The Kier molecular flexibility index (Phi) is 2.52. The summed E-state index contributed by atoms with van der Waals surface area (Å²) in [6.07, 6.45) is 6.38. The summed E-state index contributed by atoms with van der Waals surface area (Å²) in [6.45, 7) is 3.01. The summed E-state index contributed by atoms with van der Waals surface area (Å²) < 4.78 is 0. The molecule has 1 aromatic rings. The van der Waals surface area contributed by atoms with Crippen molar-refractivity contribution in [2.75, 3.05) is 13.1 Å². The Labute approximate surface area is 77.8 Å². The molecule has 1 aliphatic heterocycles. The van der Waals surface area contributed by atoms with Crippen LogP contribution in [-0.4, -0.2) is 34.0 Å². The number of nitrogens with two attached hydrogens (primary N) is 1. The van der Waals surface area contributed by atoms with Gasteiger partial charge in [-0.15, -0.1) is 0 Å². The molecule has 0 bridgehead atoms. The largest absolute Gasteiger partial charge is 0.326 e. The van der Waals surface area contributed by atoms with E-state index in [1.165, 1.54) is 0 Å². The summed E-state index contributed by atoms with van der Waals surface area (Å²) >= 11 is 0. The van der Waals surface area contributed by atoms with Crippen LogP contribution >= 0.6 is 0 Å². The molecule has 1 atom stereocenters. The molecule has 1 aromatic heterocycles. The van der Waals surface area contributed by atoms with Crippen molar-refractivity contribution in [3.63, 3.8) is 0 Å². The molecule has 4 heteroatoms. The molecule has 1 aliphatic rings. The third-order valence-corrected chi connectivity index (χ3v) is 2.33. The van der Waals surface area contributed by atoms with Gasteiger partial charge in [0.05, 0.1) is 0 Å². The fourth-order valence-electron chi connectivity index (χ4n) is 1.68. The highest BCUT2D eigenvalue weighted by Gasteiger charge is 2.18. The molecular weight excluding hydrogens is 164 g/mol. The van der Waals surface area contributed by atoms with Crippen molar-refractivity contribution in [3.05, 3.63) is 24.3 Å². The summed E-state index contributed by atoms with van der Waals surface area (Å²) in [4.78, 5) is 10.3. The highest BCUT2D eigenvalue weighted by molar-refractivity contribution is 5.02. The number of hydrogen-bond acceptors (Lipinski definition) is 4. The molecule has 13 heavy (non-hydrogen) atoms. The van der Waals surface area contributed by atoms with Crippen molar-refractivity contribution in [2.24, 2.45) is 5.73 Å². The molecule has 70 valence electrons. The first kappa shape index (κ1) is 8.59. The van der Waals surface area contributed by atoms with Crippen LogP contribution < -0.4 is 5.73 Å². The van der Waals surface area contributed by atoms with Gasteiger partial charge in [-0.25, -0.2) is 9.97 Å². The van der Waals surface area contributed by atoms with E-state index in [1.807, 2.05) is 12.4 Å². The summed E-state index contributed by atoms with van der Waals surface area (Å²) in [5.41, 5.74) is 6.97. The Morgan fingerprint density at radius 3 is 2.85 bits per heavy atom. The quantitative estimate of drug-likeness (QED) is 0.693. The van der Waals surface area contributed by atoms with Crippen LogP contribution in [0.2, 0.25) is 0 Å². The van der Waals surface area contributed by atoms with E-state index >= 15 is 0 Å². The second-order valence-electron chi connectivity index (χ2n) is 3.53. The van der Waals surface area contributed by atoms with Crippen LogP contribution in [0.15, 0.2) is 18.7 Å². The fraction of sp³-hybridized carbons (Fsp3) is 0.556. The zero-order chi connectivity index (χ0) is 9.10. The minimum absolute atomic E-state index is 0.352. The Morgan fingerprint density at radius 1 is 1.46 bits per heavy atom. The van der Waals surface area contributed by atoms with Crippen LogP contribution in [0.4, 0.5) is 0 Å². The van der Waals surface area contributed by atoms with Gasteiger partial charge in [0.25, 0.3) is 0 Å². The Hall–Kier alpha value is -1.00. The van der Waals surface area contributed by atoms with Crippen molar-refractivity contribution < 1.29 is 0 Å². The molecule has 0 radical (unpaired) electrons. The van der Waals surface area contributed by atoms with E-state index in [9.17, 15) is 0 Å². The highest BCUT2D eigenvalue weighted by Crippen LogP contribution is 2.10. The minimum atomic E-state index is 0.352. The summed E-state index contributed by atoms with van der Waals surface area (Å²) in [6, 6.07) is 0.352.